The van der Waals surface area contributed by atoms with Crippen LogP contribution in [-0.2, 0) is 6.18 Å². The molecule has 0 bridgehead atoms. The van der Waals surface area contributed by atoms with Gasteiger partial charge in [0.2, 0.25) is 0 Å². The van der Waals surface area contributed by atoms with Crippen molar-refractivity contribution in [1.29, 1.82) is 0 Å². The molecule has 0 aliphatic heterocycles. The van der Waals surface area contributed by atoms with Crippen molar-refractivity contribution in [2.75, 3.05) is 30.4 Å². The number of pyridine rings is 1. The predicted molar refractivity (Wildman–Crippen MR) is 133 cm³/mol. The number of benzene rings is 1. The van der Waals surface area contributed by atoms with E-state index in [1.54, 1.807) is 12.1 Å². The molecule has 13 heteroatoms. The van der Waals surface area contributed by atoms with Gasteiger partial charge in [0.1, 0.15) is 18.0 Å². The van der Waals surface area contributed by atoms with Crippen LogP contribution in [-0.4, -0.2) is 54.2 Å². The van der Waals surface area contributed by atoms with Crippen molar-refractivity contribution in [2.45, 2.75) is 50.1 Å². The first kappa shape index (κ1) is 27.9. The normalized spacial score (nSPS) is 18.4. The van der Waals surface area contributed by atoms with Crippen LogP contribution in [0.4, 0.5) is 37.8 Å². The van der Waals surface area contributed by atoms with Crippen LogP contribution in [0.3, 0.4) is 0 Å². The van der Waals surface area contributed by atoms with E-state index in [2.05, 4.69) is 10.3 Å². The molecule has 38 heavy (non-hydrogen) atoms. The molecule has 3 aromatic rings. The van der Waals surface area contributed by atoms with Crippen molar-refractivity contribution >= 4 is 34.7 Å². The molecule has 1 aliphatic carbocycles. The molecule has 1 N–H and O–H groups in total. The maximum atomic E-state index is 13.1. The lowest BCUT2D eigenvalue weighted by Gasteiger charge is -2.36. The molecule has 0 atom stereocenters. The summed E-state index contributed by atoms with van der Waals surface area (Å²) in [5, 5.41) is 2.99. The highest BCUT2D eigenvalue weighted by Crippen LogP contribution is 2.32. The van der Waals surface area contributed by atoms with Crippen molar-refractivity contribution in [3.05, 3.63) is 58.9 Å². The van der Waals surface area contributed by atoms with E-state index in [4.69, 9.17) is 11.6 Å². The van der Waals surface area contributed by atoms with Crippen LogP contribution in [0.25, 0.3) is 5.65 Å². The summed E-state index contributed by atoms with van der Waals surface area (Å²) in [4.78, 5) is 19.4. The summed E-state index contributed by atoms with van der Waals surface area (Å²) in [6.07, 6.45) is -5.27. The number of imidazole rings is 1. The standard InChI is InChI=1S/C25H26ClF6N5O/c1-35(14-24(27,28)29)17-10-11-18(19(26)12-17)23(38)33-15-6-8-16(9-7-15)36(2)22-5-3-4-21-34-20(13-37(21)22)25(30,31)32/h3-5,10-13,15-16H,6-9,14H2,1-2H3,(H,33,38)/t15-,16+. The van der Waals surface area contributed by atoms with Crippen LogP contribution in [0.2, 0.25) is 5.02 Å². The Bertz CT molecular complexity index is 1300. The van der Waals surface area contributed by atoms with Gasteiger partial charge in [0.25, 0.3) is 5.91 Å². The van der Waals surface area contributed by atoms with Crippen LogP contribution in [0, 0.1) is 0 Å². The number of aromatic nitrogens is 2. The number of nitrogens with one attached hydrogen (secondary N) is 1. The number of hydrogen-bond donors (Lipinski definition) is 1. The van der Waals surface area contributed by atoms with Gasteiger partial charge in [-0.05, 0) is 56.0 Å². The van der Waals surface area contributed by atoms with Crippen molar-refractivity contribution in [3.63, 3.8) is 0 Å². The number of amides is 1. The molecule has 1 aliphatic rings. The minimum absolute atomic E-state index is 0.0394. The van der Waals surface area contributed by atoms with Gasteiger partial charge >= 0.3 is 12.4 Å². The lowest BCUT2D eigenvalue weighted by atomic mass is 9.90. The fraction of sp³-hybridized carbons (Fsp3) is 0.440. The minimum atomic E-state index is -4.54. The average molecular weight is 562 g/mol. The maximum Gasteiger partial charge on any atom is 0.434 e. The predicted octanol–water partition coefficient (Wildman–Crippen LogP) is 6.18. The number of alkyl halides is 6. The molecule has 1 aromatic carbocycles. The van der Waals surface area contributed by atoms with Crippen molar-refractivity contribution in [2.24, 2.45) is 0 Å². The summed E-state index contributed by atoms with van der Waals surface area (Å²) < 4.78 is 78.8. The van der Waals surface area contributed by atoms with Crippen molar-refractivity contribution in [1.82, 2.24) is 14.7 Å². The monoisotopic (exact) mass is 561 g/mol. The number of hydrogen-bond acceptors (Lipinski definition) is 4. The summed E-state index contributed by atoms with van der Waals surface area (Å²) in [6, 6.07) is 8.96. The zero-order chi connectivity index (χ0) is 27.8. The Labute approximate surface area is 220 Å². The van der Waals surface area contributed by atoms with E-state index in [0.29, 0.717) is 31.5 Å². The lowest BCUT2D eigenvalue weighted by molar-refractivity contribution is -0.140. The molecule has 4 rings (SSSR count). The zero-order valence-corrected chi connectivity index (χ0v) is 21.3. The molecule has 0 radical (unpaired) electrons. The third-order valence-electron chi connectivity index (χ3n) is 6.76. The van der Waals surface area contributed by atoms with Gasteiger partial charge in [0.05, 0.1) is 10.6 Å². The third-order valence-corrected chi connectivity index (χ3v) is 7.07. The van der Waals surface area contributed by atoms with Crippen LogP contribution in [0.5, 0.6) is 0 Å². The fourth-order valence-corrected chi connectivity index (χ4v) is 5.02. The second-order valence-corrected chi connectivity index (χ2v) is 9.87. The van der Waals surface area contributed by atoms with Crippen LogP contribution >= 0.6 is 11.6 Å². The molecule has 1 amide bonds. The first-order valence-electron chi connectivity index (χ1n) is 11.9. The summed E-state index contributed by atoms with van der Waals surface area (Å²) >= 11 is 6.21. The van der Waals surface area contributed by atoms with Gasteiger partial charge in [-0.2, -0.15) is 26.3 Å². The smallest absolute Gasteiger partial charge is 0.366 e. The summed E-state index contributed by atoms with van der Waals surface area (Å²) in [5.41, 5.74) is -0.344. The lowest BCUT2D eigenvalue weighted by Crippen LogP contribution is -2.43. The minimum Gasteiger partial charge on any atom is -0.366 e. The molecular formula is C25H26ClF6N5O. The van der Waals surface area contributed by atoms with Crippen LogP contribution < -0.4 is 15.1 Å². The van der Waals surface area contributed by atoms with Crippen LogP contribution in [0.1, 0.15) is 41.7 Å². The van der Waals surface area contributed by atoms with Gasteiger partial charge in [0, 0.05) is 38.1 Å². The highest BCUT2D eigenvalue weighted by molar-refractivity contribution is 6.34. The molecular weight excluding hydrogens is 536 g/mol. The molecule has 0 unspecified atom stereocenters. The highest BCUT2D eigenvalue weighted by Gasteiger charge is 2.35. The van der Waals surface area contributed by atoms with Gasteiger partial charge < -0.3 is 15.1 Å². The summed E-state index contributed by atoms with van der Waals surface area (Å²) in [7, 11) is 3.11. The Hall–Kier alpha value is -3.15. The largest absolute Gasteiger partial charge is 0.434 e. The Morgan fingerprint density at radius 3 is 2.37 bits per heavy atom. The van der Waals surface area contributed by atoms with Crippen molar-refractivity contribution < 1.29 is 31.1 Å². The average Bonchev–Trinajstić information content (AvgIpc) is 3.28. The molecule has 0 spiro atoms. The fourth-order valence-electron chi connectivity index (χ4n) is 4.76. The Morgan fingerprint density at radius 2 is 1.76 bits per heavy atom. The Morgan fingerprint density at radius 1 is 1.08 bits per heavy atom. The number of fused-ring (bicyclic) bond motifs is 1. The van der Waals surface area contributed by atoms with Crippen molar-refractivity contribution in [3.8, 4) is 0 Å². The SMILES string of the molecule is CN(CC(F)(F)F)c1ccc(C(=O)N[C@H]2CC[C@@H](N(C)c3cccc4nc(C(F)(F)F)cn34)CC2)c(Cl)c1. The molecule has 6 nitrogen and oxygen atoms in total. The van der Waals surface area contributed by atoms with Gasteiger partial charge in [-0.25, -0.2) is 4.98 Å². The number of carbonyl (C=O) groups excluding carboxylic acids is 1. The quantitative estimate of drug-likeness (QED) is 0.365. The Balaban J connectivity index is 1.37. The van der Waals surface area contributed by atoms with E-state index >= 15 is 0 Å². The molecule has 1 saturated carbocycles. The number of halogens is 7. The first-order chi connectivity index (χ1) is 17.7. The van der Waals surface area contributed by atoms with Crippen LogP contribution in [0.15, 0.2) is 42.6 Å². The summed E-state index contributed by atoms with van der Waals surface area (Å²) in [6.45, 7) is -1.15. The molecule has 0 saturated heterocycles. The summed E-state index contributed by atoms with van der Waals surface area (Å²) in [5.74, 6) is 0.167. The van der Waals surface area contributed by atoms with E-state index in [9.17, 15) is 31.1 Å². The number of rotatable bonds is 6. The first-order valence-corrected chi connectivity index (χ1v) is 12.3. The van der Waals surface area contributed by atoms with E-state index in [-0.39, 0.29) is 34.0 Å². The maximum absolute atomic E-state index is 13.1. The Kier molecular flexibility index (Phi) is 7.74. The molecule has 206 valence electrons. The molecule has 2 aromatic heterocycles. The highest BCUT2D eigenvalue weighted by atomic mass is 35.5. The van der Waals surface area contributed by atoms with E-state index in [1.807, 2.05) is 11.9 Å². The zero-order valence-electron chi connectivity index (χ0n) is 20.6. The topological polar surface area (TPSA) is 52.9 Å². The molecule has 1 fully saturated rings. The number of carbonyl (C=O) groups is 1. The second-order valence-electron chi connectivity index (χ2n) is 9.46. The van der Waals surface area contributed by atoms with E-state index in [1.165, 1.54) is 35.7 Å². The number of nitrogens with zero attached hydrogens (tertiary/aromatic N) is 4. The van der Waals surface area contributed by atoms with Gasteiger partial charge in [-0.1, -0.05) is 17.7 Å². The van der Waals surface area contributed by atoms with Gasteiger partial charge in [0.15, 0.2) is 5.69 Å². The van der Waals surface area contributed by atoms with Gasteiger partial charge in [-0.15, -0.1) is 0 Å². The second kappa shape index (κ2) is 10.5. The third kappa shape index (κ3) is 6.28. The molecule has 2 heterocycles. The van der Waals surface area contributed by atoms with E-state index < -0.39 is 30.5 Å². The number of anilines is 2. The van der Waals surface area contributed by atoms with Gasteiger partial charge in [-0.3, -0.25) is 9.20 Å². The van der Waals surface area contributed by atoms with E-state index in [0.717, 1.165) is 11.1 Å².